The van der Waals surface area contributed by atoms with E-state index in [-0.39, 0.29) is 0 Å². The Morgan fingerprint density at radius 1 is 0.250 bits per heavy atom. The average Bonchev–Trinajstić information content (AvgIpc) is 3.79. The van der Waals surface area contributed by atoms with Crippen molar-refractivity contribution < 1.29 is 0 Å². The number of rotatable bonds is 3. The minimum atomic E-state index is -0.438. The molecule has 0 aliphatic heterocycles. The molecule has 0 aromatic heterocycles. The summed E-state index contributed by atoms with van der Waals surface area (Å²) in [6.07, 6.45) is 0. The third-order valence-electron chi connectivity index (χ3n) is 13.4. The van der Waals surface area contributed by atoms with Gasteiger partial charge < -0.3 is 4.90 Å². The lowest BCUT2D eigenvalue weighted by atomic mass is 9.70. The predicted molar refractivity (Wildman–Crippen MR) is 250 cm³/mol. The van der Waals surface area contributed by atoms with Gasteiger partial charge in [0, 0.05) is 16.9 Å². The normalized spacial score (nSPS) is 13.1. The maximum Gasteiger partial charge on any atom is 0.0726 e. The van der Waals surface area contributed by atoms with Crippen LogP contribution in [0.2, 0.25) is 0 Å². The number of nitrogens with zero attached hydrogens (tertiary/aromatic N) is 1. The highest BCUT2D eigenvalue weighted by atomic mass is 15.1. The van der Waals surface area contributed by atoms with Gasteiger partial charge in [-0.25, -0.2) is 0 Å². The van der Waals surface area contributed by atoms with Crippen molar-refractivity contribution in [2.24, 2.45) is 0 Å². The Hall–Kier alpha value is -7.74. The fourth-order valence-electron chi connectivity index (χ4n) is 11.0. The Morgan fingerprint density at radius 2 is 0.650 bits per heavy atom. The summed E-state index contributed by atoms with van der Waals surface area (Å²) in [6.45, 7) is 0. The van der Waals surface area contributed by atoms with Gasteiger partial charge in [0.05, 0.1) is 11.1 Å². The van der Waals surface area contributed by atoms with E-state index in [9.17, 15) is 0 Å². The van der Waals surface area contributed by atoms with Gasteiger partial charge in [0.25, 0.3) is 0 Å². The van der Waals surface area contributed by atoms with Gasteiger partial charge in [0.2, 0.25) is 0 Å². The first kappa shape index (κ1) is 33.3. The lowest BCUT2D eigenvalue weighted by Gasteiger charge is -2.32. The van der Waals surface area contributed by atoms with Crippen molar-refractivity contribution in [2.75, 3.05) is 4.90 Å². The van der Waals surface area contributed by atoms with Crippen molar-refractivity contribution in [2.45, 2.75) is 5.41 Å². The van der Waals surface area contributed by atoms with E-state index in [2.05, 4.69) is 229 Å². The SMILES string of the molecule is c1ccc2c(c1)-c1ccccc1-c1ccc(N(c3ccc4ccccc4c3)c3cccc4c3-c3ccccc3C43c4ccccc4-c4ccccc43)cc1-c1ccccc1-2. The zero-order chi connectivity index (χ0) is 39.4. The molecule has 10 aromatic carbocycles. The molecule has 0 amide bonds. The maximum absolute atomic E-state index is 2.52. The average molecular weight is 760 g/mol. The molecule has 13 rings (SSSR count). The number of benzene rings is 10. The van der Waals surface area contributed by atoms with Crippen LogP contribution in [0.1, 0.15) is 22.3 Å². The molecule has 0 N–H and O–H groups in total. The molecule has 0 heterocycles. The lowest BCUT2D eigenvalue weighted by Crippen LogP contribution is -2.26. The topological polar surface area (TPSA) is 3.24 Å². The molecule has 10 aromatic rings. The molecule has 0 unspecified atom stereocenters. The highest BCUT2D eigenvalue weighted by Gasteiger charge is 2.52. The first-order valence-electron chi connectivity index (χ1n) is 20.9. The highest BCUT2D eigenvalue weighted by molar-refractivity contribution is 6.06. The molecule has 0 radical (unpaired) electrons. The van der Waals surface area contributed by atoms with E-state index in [1.54, 1.807) is 0 Å². The first-order chi connectivity index (χ1) is 29.8. The van der Waals surface area contributed by atoms with E-state index in [0.29, 0.717) is 0 Å². The van der Waals surface area contributed by atoms with E-state index < -0.39 is 5.41 Å². The van der Waals surface area contributed by atoms with Crippen LogP contribution in [-0.4, -0.2) is 0 Å². The summed E-state index contributed by atoms with van der Waals surface area (Å²) in [5.74, 6) is 0. The monoisotopic (exact) mass is 759 g/mol. The van der Waals surface area contributed by atoms with E-state index in [1.807, 2.05) is 0 Å². The van der Waals surface area contributed by atoms with Gasteiger partial charge in [0.15, 0.2) is 0 Å². The second-order valence-electron chi connectivity index (χ2n) is 16.3. The molecule has 60 heavy (non-hydrogen) atoms. The van der Waals surface area contributed by atoms with Crippen LogP contribution in [0, 0.1) is 0 Å². The maximum atomic E-state index is 2.52. The van der Waals surface area contributed by atoms with Crippen molar-refractivity contribution in [3.05, 3.63) is 247 Å². The molecule has 0 saturated heterocycles. The van der Waals surface area contributed by atoms with Crippen LogP contribution in [-0.2, 0) is 5.41 Å². The molecule has 0 saturated carbocycles. The smallest absolute Gasteiger partial charge is 0.0726 e. The van der Waals surface area contributed by atoms with Crippen molar-refractivity contribution in [1.29, 1.82) is 0 Å². The highest BCUT2D eigenvalue weighted by Crippen LogP contribution is 2.65. The van der Waals surface area contributed by atoms with Crippen LogP contribution in [0.25, 0.3) is 77.5 Å². The predicted octanol–water partition coefficient (Wildman–Crippen LogP) is 15.6. The summed E-state index contributed by atoms with van der Waals surface area (Å²) < 4.78 is 0. The summed E-state index contributed by atoms with van der Waals surface area (Å²) >= 11 is 0. The second-order valence-corrected chi connectivity index (χ2v) is 16.3. The molecule has 1 heteroatoms. The minimum absolute atomic E-state index is 0.438. The molecule has 278 valence electrons. The minimum Gasteiger partial charge on any atom is -0.310 e. The third kappa shape index (κ3) is 4.47. The van der Waals surface area contributed by atoms with Gasteiger partial charge >= 0.3 is 0 Å². The Kier molecular flexibility index (Phi) is 7.00. The Morgan fingerprint density at radius 3 is 1.23 bits per heavy atom. The number of hydrogen-bond acceptors (Lipinski definition) is 1. The van der Waals surface area contributed by atoms with Crippen molar-refractivity contribution in [3.63, 3.8) is 0 Å². The molecule has 1 nitrogen and oxygen atoms in total. The number of anilines is 3. The summed E-state index contributed by atoms with van der Waals surface area (Å²) in [4.78, 5) is 2.52. The lowest BCUT2D eigenvalue weighted by molar-refractivity contribution is 0.794. The molecule has 3 aliphatic rings. The zero-order valence-corrected chi connectivity index (χ0v) is 32.8. The fraction of sp³-hybridized carbons (Fsp3) is 0.0169. The van der Waals surface area contributed by atoms with Crippen LogP contribution in [0.15, 0.2) is 224 Å². The molecule has 3 aliphatic carbocycles. The summed E-state index contributed by atoms with van der Waals surface area (Å²) in [7, 11) is 0. The van der Waals surface area contributed by atoms with E-state index >= 15 is 0 Å². The molecule has 1 spiro atoms. The van der Waals surface area contributed by atoms with Crippen LogP contribution >= 0.6 is 0 Å². The Labute approximate surface area is 350 Å². The number of fused-ring (bicyclic) bond motifs is 19. The standard InChI is InChI=1S/C59H37N/c1-2-17-39-36-40(33-32-38(39)16-1)60(41-34-35-48-46-22-6-5-20-44(46)42-18-3-4-19-43(42)45-21-7-8-23-47(45)52(48)37-41)57-31-15-30-56-58(57)51-26-11-14-29-55(51)59(56)53-27-12-9-24-49(53)50-25-10-13-28-54(50)59/h1-37H. The van der Waals surface area contributed by atoms with Gasteiger partial charge in [-0.1, -0.05) is 194 Å². The van der Waals surface area contributed by atoms with Crippen LogP contribution in [0.3, 0.4) is 0 Å². The number of hydrogen-bond donors (Lipinski definition) is 0. The van der Waals surface area contributed by atoms with Gasteiger partial charge in [-0.05, 0) is 125 Å². The summed E-state index contributed by atoms with van der Waals surface area (Å²) in [5, 5.41) is 2.44. The quantitative estimate of drug-likeness (QED) is 0.173. The Bertz CT molecular complexity index is 3350. The van der Waals surface area contributed by atoms with Gasteiger partial charge in [-0.2, -0.15) is 0 Å². The van der Waals surface area contributed by atoms with E-state index in [4.69, 9.17) is 0 Å². The first-order valence-corrected chi connectivity index (χ1v) is 20.9. The van der Waals surface area contributed by atoms with Crippen LogP contribution in [0.4, 0.5) is 17.1 Å². The second kappa shape index (κ2) is 12.6. The summed E-state index contributed by atoms with van der Waals surface area (Å²) in [5.41, 5.74) is 23.5. The third-order valence-corrected chi connectivity index (χ3v) is 13.4. The summed E-state index contributed by atoms with van der Waals surface area (Å²) in [6, 6.07) is 83.8. The largest absolute Gasteiger partial charge is 0.310 e. The van der Waals surface area contributed by atoms with Crippen molar-refractivity contribution in [1.82, 2.24) is 0 Å². The fourth-order valence-corrected chi connectivity index (χ4v) is 11.0. The van der Waals surface area contributed by atoms with Crippen LogP contribution in [0.5, 0.6) is 0 Å². The van der Waals surface area contributed by atoms with Gasteiger partial charge in [-0.15, -0.1) is 0 Å². The molecule has 0 bridgehead atoms. The van der Waals surface area contributed by atoms with Gasteiger partial charge in [0.1, 0.15) is 0 Å². The molecule has 0 fully saturated rings. The van der Waals surface area contributed by atoms with Crippen molar-refractivity contribution in [3.8, 4) is 66.8 Å². The van der Waals surface area contributed by atoms with Crippen LogP contribution < -0.4 is 4.90 Å². The van der Waals surface area contributed by atoms with E-state index in [1.165, 1.54) is 105 Å². The van der Waals surface area contributed by atoms with Gasteiger partial charge in [-0.3, -0.25) is 0 Å². The molecule has 0 atom stereocenters. The molecular formula is C59H37N. The zero-order valence-electron chi connectivity index (χ0n) is 32.8. The van der Waals surface area contributed by atoms with Crippen molar-refractivity contribution >= 4 is 27.8 Å². The Balaban J connectivity index is 1.12. The molecular weight excluding hydrogens is 723 g/mol. The van der Waals surface area contributed by atoms with E-state index in [0.717, 1.165) is 11.4 Å².